The molecular weight excluding hydrogens is 360 g/mol. The molecule has 0 rings (SSSR count). The van der Waals surface area contributed by atoms with E-state index in [9.17, 15) is 52.7 Å². The van der Waals surface area contributed by atoms with Crippen LogP contribution in [-0.4, -0.2) is 44.1 Å². The summed E-state index contributed by atoms with van der Waals surface area (Å²) in [5, 5.41) is 0. The highest BCUT2D eigenvalue weighted by molar-refractivity contribution is 4.66. The van der Waals surface area contributed by atoms with Gasteiger partial charge in [0.25, 0.3) is 12.6 Å². The maximum Gasteiger partial charge on any atom is 0.525 e. The average molecular weight is 364 g/mol. The fourth-order valence-corrected chi connectivity index (χ4v) is 0.748. The van der Waals surface area contributed by atoms with Crippen molar-refractivity contribution < 1.29 is 66.9 Å². The van der Waals surface area contributed by atoms with Gasteiger partial charge in [0.05, 0.1) is 0 Å². The number of rotatable bonds is 6. The number of hydrogen-bond donors (Lipinski definition) is 0. The summed E-state index contributed by atoms with van der Waals surface area (Å²) in [4.78, 5) is 0. The summed E-state index contributed by atoms with van der Waals surface area (Å²) in [6.45, 7) is -2.73. The number of halogens is 12. The first kappa shape index (κ1) is 21.0. The monoisotopic (exact) mass is 364 g/mol. The zero-order valence-corrected chi connectivity index (χ0v) is 9.62. The Kier molecular flexibility index (Phi) is 6.36. The Bertz CT molecular complexity index is 344. The Morgan fingerprint density at radius 3 is 1.50 bits per heavy atom. The van der Waals surface area contributed by atoms with Crippen molar-refractivity contribution in [2.45, 2.75) is 37.5 Å². The van der Waals surface area contributed by atoms with Crippen LogP contribution in [0.15, 0.2) is 0 Å². The lowest BCUT2D eigenvalue weighted by molar-refractivity contribution is -0.460. The molecule has 134 valence electrons. The second-order valence-corrected chi connectivity index (χ2v) is 3.36. The molecule has 2 atom stereocenters. The van der Waals surface area contributed by atoms with Crippen LogP contribution in [0.3, 0.4) is 0 Å². The van der Waals surface area contributed by atoms with E-state index in [1.54, 1.807) is 0 Å². The Labute approximate surface area is 112 Å². The Morgan fingerprint density at radius 2 is 1.18 bits per heavy atom. The van der Waals surface area contributed by atoms with Crippen LogP contribution in [0, 0.1) is 0 Å². The van der Waals surface area contributed by atoms with Crippen LogP contribution >= 0.6 is 0 Å². The van der Waals surface area contributed by atoms with Gasteiger partial charge in [0.15, 0.2) is 0 Å². The molecule has 0 radical (unpaired) electrons. The normalized spacial score (nSPS) is 17.5. The molecule has 2 unspecified atom stereocenters. The van der Waals surface area contributed by atoms with E-state index in [1.807, 2.05) is 0 Å². The van der Waals surface area contributed by atoms with Crippen LogP contribution in [-0.2, 0) is 14.2 Å². The summed E-state index contributed by atoms with van der Waals surface area (Å²) < 4.78 is 151. The topological polar surface area (TPSA) is 27.7 Å². The molecule has 0 saturated carbocycles. The van der Waals surface area contributed by atoms with Crippen molar-refractivity contribution >= 4 is 0 Å². The van der Waals surface area contributed by atoms with Crippen molar-refractivity contribution in [3.8, 4) is 0 Å². The van der Waals surface area contributed by atoms with Gasteiger partial charge in [-0.25, -0.2) is 9.13 Å². The maximum absolute atomic E-state index is 12.7. The quantitative estimate of drug-likeness (QED) is 0.529. The van der Waals surface area contributed by atoms with Crippen molar-refractivity contribution in [3.63, 3.8) is 0 Å². The first-order valence-corrected chi connectivity index (χ1v) is 4.63. The largest absolute Gasteiger partial charge is 0.525 e. The first-order valence-electron chi connectivity index (χ1n) is 4.63. The summed E-state index contributed by atoms with van der Waals surface area (Å²) >= 11 is 0. The van der Waals surface area contributed by atoms with E-state index < -0.39 is 44.1 Å². The van der Waals surface area contributed by atoms with Crippen molar-refractivity contribution in [3.05, 3.63) is 0 Å². The lowest BCUT2D eigenvalue weighted by atomic mass is 10.5. The van der Waals surface area contributed by atoms with Crippen LogP contribution < -0.4 is 0 Å². The highest BCUT2D eigenvalue weighted by Gasteiger charge is 2.56. The van der Waals surface area contributed by atoms with Gasteiger partial charge in [-0.15, -0.1) is 13.2 Å². The molecule has 0 aromatic carbocycles. The lowest BCUT2D eigenvalue weighted by Gasteiger charge is -2.28. The third-order valence-corrected chi connectivity index (χ3v) is 1.43. The van der Waals surface area contributed by atoms with Gasteiger partial charge in [-0.05, 0) is 0 Å². The van der Waals surface area contributed by atoms with E-state index >= 15 is 0 Å². The van der Waals surface area contributed by atoms with Gasteiger partial charge in [0.2, 0.25) is 0 Å². The number of hydrogen-bond acceptors (Lipinski definition) is 3. The van der Waals surface area contributed by atoms with Gasteiger partial charge in [-0.3, -0.25) is 4.74 Å². The summed E-state index contributed by atoms with van der Waals surface area (Å²) in [6, 6.07) is 0. The lowest BCUT2D eigenvalue weighted by Crippen LogP contribution is -2.47. The van der Waals surface area contributed by atoms with E-state index in [0.29, 0.717) is 0 Å². The van der Waals surface area contributed by atoms with Crippen LogP contribution in [0.25, 0.3) is 0 Å². The van der Waals surface area contributed by atoms with E-state index in [2.05, 4.69) is 14.2 Å². The van der Waals surface area contributed by atoms with Crippen molar-refractivity contribution in [2.24, 2.45) is 0 Å². The molecule has 0 bridgehead atoms. The van der Waals surface area contributed by atoms with Gasteiger partial charge >= 0.3 is 24.8 Å². The minimum Gasteiger partial charge on any atom is -0.335 e. The third kappa shape index (κ3) is 8.47. The fraction of sp³-hybridized carbons (Fsp3) is 1.00. The summed E-state index contributed by atoms with van der Waals surface area (Å²) in [7, 11) is 0. The average Bonchev–Trinajstić information content (AvgIpc) is 2.18. The highest BCUT2D eigenvalue weighted by atomic mass is 19.4. The standard InChI is InChI=1S/C7H4F12O3/c8-2(21-7(17,18)19)6(15,16)22-3(5(12,13)14)20-1-4(9,10)11/h2-3H,1H2. The van der Waals surface area contributed by atoms with Gasteiger partial charge in [-0.1, -0.05) is 0 Å². The number of ether oxygens (including phenoxy) is 3. The van der Waals surface area contributed by atoms with E-state index in [0.717, 1.165) is 0 Å². The Hall–Kier alpha value is -0.960. The smallest absolute Gasteiger partial charge is 0.335 e. The SMILES string of the molecule is FC(OC(F)(F)F)C(F)(F)OC(OCC(F)(F)F)C(F)(F)F. The van der Waals surface area contributed by atoms with E-state index in [1.165, 1.54) is 0 Å². The number of alkyl halides is 12. The Morgan fingerprint density at radius 1 is 0.727 bits per heavy atom. The maximum atomic E-state index is 12.7. The molecule has 0 heterocycles. The van der Waals surface area contributed by atoms with Gasteiger partial charge < -0.3 is 4.74 Å². The third-order valence-electron chi connectivity index (χ3n) is 1.43. The minimum absolute atomic E-state index is 2.07. The molecular formula is C7H4F12O3. The molecule has 0 aromatic rings. The molecule has 0 aliphatic heterocycles. The van der Waals surface area contributed by atoms with Crippen LogP contribution in [0.5, 0.6) is 0 Å². The summed E-state index contributed by atoms with van der Waals surface area (Å²) in [6.07, 6.45) is -32.5. The molecule has 15 heteroatoms. The predicted octanol–water partition coefficient (Wildman–Crippen LogP) is 3.90. The molecule has 0 spiro atoms. The van der Waals surface area contributed by atoms with E-state index in [4.69, 9.17) is 0 Å². The first-order chi connectivity index (χ1) is 9.44. The summed E-state index contributed by atoms with van der Waals surface area (Å²) in [5.74, 6) is 0. The zero-order chi connectivity index (χ0) is 18.0. The molecule has 3 nitrogen and oxygen atoms in total. The Balaban J connectivity index is 4.97. The fourth-order valence-electron chi connectivity index (χ4n) is 0.748. The van der Waals surface area contributed by atoms with Crippen molar-refractivity contribution in [1.82, 2.24) is 0 Å². The van der Waals surface area contributed by atoms with Gasteiger partial charge in [0.1, 0.15) is 6.61 Å². The molecule has 0 amide bonds. The summed E-state index contributed by atoms with van der Waals surface area (Å²) in [5.41, 5.74) is 0. The highest BCUT2D eigenvalue weighted by Crippen LogP contribution is 2.35. The zero-order valence-electron chi connectivity index (χ0n) is 9.62. The molecule has 0 saturated heterocycles. The van der Waals surface area contributed by atoms with Crippen LogP contribution in [0.1, 0.15) is 0 Å². The van der Waals surface area contributed by atoms with Gasteiger partial charge in [0, 0.05) is 0 Å². The van der Waals surface area contributed by atoms with Gasteiger partial charge in [-0.2, -0.15) is 35.1 Å². The molecule has 0 N–H and O–H groups in total. The van der Waals surface area contributed by atoms with Crippen molar-refractivity contribution in [2.75, 3.05) is 6.61 Å². The minimum atomic E-state index is -6.02. The molecule has 0 aliphatic carbocycles. The molecule has 22 heavy (non-hydrogen) atoms. The molecule has 0 fully saturated rings. The predicted molar refractivity (Wildman–Crippen MR) is 39.9 cm³/mol. The second kappa shape index (κ2) is 6.66. The second-order valence-electron chi connectivity index (χ2n) is 3.36. The van der Waals surface area contributed by atoms with Crippen LogP contribution in [0.4, 0.5) is 52.7 Å². The van der Waals surface area contributed by atoms with Crippen LogP contribution in [0.2, 0.25) is 0 Å². The van der Waals surface area contributed by atoms with Crippen molar-refractivity contribution in [1.29, 1.82) is 0 Å². The van der Waals surface area contributed by atoms with E-state index in [-0.39, 0.29) is 0 Å². The molecule has 0 aliphatic rings. The molecule has 0 aromatic heterocycles.